The molecule has 2 aromatic heterocycles. The second-order valence-corrected chi connectivity index (χ2v) is 4.55. The minimum Gasteiger partial charge on any atom is -0.494 e. The van der Waals surface area contributed by atoms with Gasteiger partial charge in [0.2, 0.25) is 0 Å². The Labute approximate surface area is 109 Å². The van der Waals surface area contributed by atoms with Gasteiger partial charge in [-0.15, -0.1) is 11.3 Å². The minimum absolute atomic E-state index is 0.351. The first-order chi connectivity index (χ1) is 8.69. The van der Waals surface area contributed by atoms with Gasteiger partial charge in [0.05, 0.1) is 14.2 Å². The summed E-state index contributed by atoms with van der Waals surface area (Å²) < 4.78 is 10.1. The summed E-state index contributed by atoms with van der Waals surface area (Å²) in [5, 5.41) is 1.91. The lowest BCUT2D eigenvalue weighted by atomic mass is 10.1. The molecule has 0 saturated carbocycles. The molecule has 0 atom stereocenters. The molecular formula is C13H13NO3S. The zero-order valence-electron chi connectivity index (χ0n) is 10.4. The summed E-state index contributed by atoms with van der Waals surface area (Å²) in [4.78, 5) is 16.6. The minimum atomic E-state index is -0.351. The Bertz CT molecular complexity index is 577. The highest BCUT2D eigenvalue weighted by Gasteiger charge is 2.21. The van der Waals surface area contributed by atoms with E-state index in [2.05, 4.69) is 4.98 Å². The smallest absolute Gasteiger partial charge is 0.348 e. The first kappa shape index (κ1) is 12.6. The highest BCUT2D eigenvalue weighted by atomic mass is 32.1. The quantitative estimate of drug-likeness (QED) is 0.799. The van der Waals surface area contributed by atoms with Crippen LogP contribution >= 0.6 is 11.3 Å². The number of hydrogen-bond donors (Lipinski definition) is 0. The van der Waals surface area contributed by atoms with Crippen LogP contribution in [0.15, 0.2) is 23.7 Å². The summed E-state index contributed by atoms with van der Waals surface area (Å²) >= 11 is 1.35. The number of nitrogens with zero attached hydrogens (tertiary/aromatic N) is 1. The fraction of sp³-hybridized carbons (Fsp3) is 0.231. The molecule has 0 saturated heterocycles. The summed E-state index contributed by atoms with van der Waals surface area (Å²) in [7, 11) is 2.96. The van der Waals surface area contributed by atoms with E-state index in [-0.39, 0.29) is 5.97 Å². The fourth-order valence-corrected chi connectivity index (χ4v) is 2.69. The Morgan fingerprint density at radius 2 is 2.17 bits per heavy atom. The Hall–Kier alpha value is -1.88. The predicted molar refractivity (Wildman–Crippen MR) is 70.2 cm³/mol. The molecule has 0 amide bonds. The molecule has 0 unspecified atom stereocenters. The van der Waals surface area contributed by atoms with Crippen molar-refractivity contribution in [2.24, 2.45) is 0 Å². The summed E-state index contributed by atoms with van der Waals surface area (Å²) in [6.45, 7) is 1.94. The van der Waals surface area contributed by atoms with Crippen molar-refractivity contribution in [2.75, 3.05) is 14.2 Å². The molecule has 2 heterocycles. The molecule has 0 aliphatic heterocycles. The van der Waals surface area contributed by atoms with Crippen LogP contribution in [0.1, 0.15) is 15.2 Å². The van der Waals surface area contributed by atoms with E-state index in [0.717, 1.165) is 11.1 Å². The first-order valence-electron chi connectivity index (χ1n) is 5.34. The van der Waals surface area contributed by atoms with Gasteiger partial charge in [-0.25, -0.2) is 4.79 Å². The topological polar surface area (TPSA) is 48.4 Å². The number of hydrogen-bond acceptors (Lipinski definition) is 5. The van der Waals surface area contributed by atoms with Gasteiger partial charge >= 0.3 is 5.97 Å². The van der Waals surface area contributed by atoms with Gasteiger partial charge in [-0.3, -0.25) is 4.98 Å². The lowest BCUT2D eigenvalue weighted by Gasteiger charge is -2.08. The molecule has 5 heteroatoms. The molecule has 2 aromatic rings. The van der Waals surface area contributed by atoms with Crippen molar-refractivity contribution in [2.45, 2.75) is 6.92 Å². The zero-order chi connectivity index (χ0) is 13.1. The summed E-state index contributed by atoms with van der Waals surface area (Å²) in [5.74, 6) is 0.292. The van der Waals surface area contributed by atoms with Crippen molar-refractivity contribution < 1.29 is 14.3 Å². The third-order valence-electron chi connectivity index (χ3n) is 2.57. The molecule has 0 radical (unpaired) electrons. The largest absolute Gasteiger partial charge is 0.494 e. The van der Waals surface area contributed by atoms with Crippen LogP contribution in [-0.2, 0) is 4.74 Å². The number of aromatic nitrogens is 1. The third kappa shape index (κ3) is 2.09. The van der Waals surface area contributed by atoms with Gasteiger partial charge in [0.25, 0.3) is 0 Å². The van der Waals surface area contributed by atoms with Crippen molar-refractivity contribution >= 4 is 17.3 Å². The van der Waals surface area contributed by atoms with Gasteiger partial charge in [-0.05, 0) is 30.0 Å². The fourth-order valence-electron chi connectivity index (χ4n) is 1.72. The SMILES string of the molecule is COC(=O)c1scc(C)c1-c1ncccc1OC. The Kier molecular flexibility index (Phi) is 3.62. The van der Waals surface area contributed by atoms with Gasteiger partial charge < -0.3 is 9.47 Å². The van der Waals surface area contributed by atoms with E-state index >= 15 is 0 Å². The summed E-state index contributed by atoms with van der Waals surface area (Å²) in [6.07, 6.45) is 1.68. The van der Waals surface area contributed by atoms with Crippen molar-refractivity contribution in [1.82, 2.24) is 4.98 Å². The standard InChI is InChI=1S/C13H13NO3S/c1-8-7-18-12(13(15)17-3)10(8)11-9(16-2)5-4-6-14-11/h4-7H,1-3H3. The van der Waals surface area contributed by atoms with Crippen LogP contribution in [0.5, 0.6) is 5.75 Å². The predicted octanol–water partition coefficient (Wildman–Crippen LogP) is 2.91. The Morgan fingerprint density at radius 1 is 1.39 bits per heavy atom. The molecule has 0 aliphatic rings. The number of carbonyl (C=O) groups is 1. The van der Waals surface area contributed by atoms with E-state index in [9.17, 15) is 4.79 Å². The molecule has 94 valence electrons. The first-order valence-corrected chi connectivity index (χ1v) is 6.22. The molecule has 2 rings (SSSR count). The van der Waals surface area contributed by atoms with Gasteiger partial charge in [-0.2, -0.15) is 0 Å². The van der Waals surface area contributed by atoms with E-state index in [4.69, 9.17) is 9.47 Å². The van der Waals surface area contributed by atoms with Gasteiger partial charge in [-0.1, -0.05) is 0 Å². The van der Waals surface area contributed by atoms with Crippen LogP contribution in [0.2, 0.25) is 0 Å². The second-order valence-electron chi connectivity index (χ2n) is 3.67. The van der Waals surface area contributed by atoms with Crippen molar-refractivity contribution in [3.05, 3.63) is 34.2 Å². The average Bonchev–Trinajstić information content (AvgIpc) is 2.79. The molecule has 0 N–H and O–H groups in total. The lowest BCUT2D eigenvalue weighted by Crippen LogP contribution is -2.02. The molecule has 0 fully saturated rings. The zero-order valence-corrected chi connectivity index (χ0v) is 11.2. The summed E-state index contributed by atoms with van der Waals surface area (Å²) in [5.41, 5.74) is 2.43. The van der Waals surface area contributed by atoms with Crippen LogP contribution in [-0.4, -0.2) is 25.2 Å². The number of ether oxygens (including phenoxy) is 2. The summed E-state index contributed by atoms with van der Waals surface area (Å²) in [6, 6.07) is 3.61. The van der Waals surface area contributed by atoms with E-state index in [1.807, 2.05) is 18.4 Å². The molecule has 0 aromatic carbocycles. The number of aryl methyl sites for hydroxylation is 1. The molecule has 0 spiro atoms. The lowest BCUT2D eigenvalue weighted by molar-refractivity contribution is 0.0607. The maximum absolute atomic E-state index is 11.7. The Balaban J connectivity index is 2.63. The maximum Gasteiger partial charge on any atom is 0.348 e. The van der Waals surface area contributed by atoms with Crippen LogP contribution in [0.3, 0.4) is 0 Å². The van der Waals surface area contributed by atoms with Gasteiger partial charge in [0, 0.05) is 11.8 Å². The molecule has 4 nitrogen and oxygen atoms in total. The van der Waals surface area contributed by atoms with Gasteiger partial charge in [0.15, 0.2) is 0 Å². The third-order valence-corrected chi connectivity index (χ3v) is 3.65. The molecule has 0 bridgehead atoms. The van der Waals surface area contributed by atoms with Crippen molar-refractivity contribution in [3.63, 3.8) is 0 Å². The highest BCUT2D eigenvalue weighted by Crippen LogP contribution is 2.36. The maximum atomic E-state index is 11.7. The highest BCUT2D eigenvalue weighted by molar-refractivity contribution is 7.12. The van der Waals surface area contributed by atoms with E-state index in [0.29, 0.717) is 16.3 Å². The number of carbonyl (C=O) groups excluding carboxylic acids is 1. The number of esters is 1. The van der Waals surface area contributed by atoms with Crippen molar-refractivity contribution in [1.29, 1.82) is 0 Å². The van der Waals surface area contributed by atoms with Crippen LogP contribution in [0.25, 0.3) is 11.3 Å². The van der Waals surface area contributed by atoms with Crippen molar-refractivity contribution in [3.8, 4) is 17.0 Å². The van der Waals surface area contributed by atoms with Crippen LogP contribution in [0, 0.1) is 6.92 Å². The number of thiophene rings is 1. The molecule has 18 heavy (non-hydrogen) atoms. The monoisotopic (exact) mass is 263 g/mol. The number of methoxy groups -OCH3 is 2. The van der Waals surface area contributed by atoms with E-state index in [1.165, 1.54) is 18.4 Å². The molecule has 0 aliphatic carbocycles. The van der Waals surface area contributed by atoms with E-state index in [1.54, 1.807) is 19.4 Å². The van der Waals surface area contributed by atoms with Gasteiger partial charge in [0.1, 0.15) is 16.3 Å². The van der Waals surface area contributed by atoms with E-state index < -0.39 is 0 Å². The van der Waals surface area contributed by atoms with Crippen LogP contribution in [0.4, 0.5) is 0 Å². The molecular weight excluding hydrogens is 250 g/mol. The normalized spacial score (nSPS) is 10.2. The second kappa shape index (κ2) is 5.18. The Morgan fingerprint density at radius 3 is 2.83 bits per heavy atom. The van der Waals surface area contributed by atoms with Crippen LogP contribution < -0.4 is 4.74 Å². The average molecular weight is 263 g/mol. The number of pyridine rings is 1. The number of rotatable bonds is 3.